The van der Waals surface area contributed by atoms with Gasteiger partial charge in [0.25, 0.3) is 0 Å². The lowest BCUT2D eigenvalue weighted by Gasteiger charge is -2.28. The Kier molecular flexibility index (Phi) is 9.81. The number of ether oxygens (including phenoxy) is 2. The number of carbonyl (C=O) groups is 1. The van der Waals surface area contributed by atoms with Crippen molar-refractivity contribution in [1.29, 1.82) is 0 Å². The highest BCUT2D eigenvalue weighted by atomic mass is 32.2. The molecule has 0 amide bonds. The largest absolute Gasteiger partial charge is 0.494 e. The third-order valence-electron chi connectivity index (χ3n) is 6.31. The zero-order valence-corrected chi connectivity index (χ0v) is 23.0. The number of anilines is 1. The number of nitrogens with zero attached hydrogens (tertiary/aromatic N) is 3. The third-order valence-corrected chi connectivity index (χ3v) is 7.20. The van der Waals surface area contributed by atoms with Crippen molar-refractivity contribution in [2.45, 2.75) is 69.8 Å². The summed E-state index contributed by atoms with van der Waals surface area (Å²) < 4.78 is 27.3. The molecule has 0 radical (unpaired) electrons. The minimum atomic E-state index is -0.523. The highest BCUT2D eigenvalue weighted by Gasteiger charge is 2.35. The second-order valence-electron chi connectivity index (χ2n) is 9.22. The molecular formula is C29H35FN4O3S. The fourth-order valence-corrected chi connectivity index (χ4v) is 5.01. The summed E-state index contributed by atoms with van der Waals surface area (Å²) in [5.41, 5.74) is 2.60. The number of rotatable bonds is 13. The van der Waals surface area contributed by atoms with Gasteiger partial charge in [0.05, 0.1) is 18.8 Å². The third kappa shape index (κ3) is 6.75. The Morgan fingerprint density at radius 2 is 1.82 bits per heavy atom. The number of hydrogen-bond acceptors (Lipinski definition) is 7. The van der Waals surface area contributed by atoms with Crippen LogP contribution in [0.3, 0.4) is 0 Å². The quantitative estimate of drug-likeness (QED) is 0.144. The van der Waals surface area contributed by atoms with E-state index in [1.54, 1.807) is 16.8 Å². The van der Waals surface area contributed by atoms with Crippen molar-refractivity contribution in [2.75, 3.05) is 18.5 Å². The summed E-state index contributed by atoms with van der Waals surface area (Å²) in [5, 5.41) is 8.43. The monoisotopic (exact) mass is 538 g/mol. The second-order valence-corrected chi connectivity index (χ2v) is 10.2. The van der Waals surface area contributed by atoms with Crippen LogP contribution in [0, 0.1) is 5.82 Å². The van der Waals surface area contributed by atoms with E-state index in [1.165, 1.54) is 17.8 Å². The van der Waals surface area contributed by atoms with Gasteiger partial charge >= 0.3 is 5.97 Å². The van der Waals surface area contributed by atoms with Gasteiger partial charge < -0.3 is 14.8 Å². The molecule has 2 heterocycles. The summed E-state index contributed by atoms with van der Waals surface area (Å²) in [6, 6.07) is 13.9. The Bertz CT molecular complexity index is 1260. The van der Waals surface area contributed by atoms with E-state index in [2.05, 4.69) is 24.1 Å². The number of thioether (sulfide) groups is 1. The molecule has 38 heavy (non-hydrogen) atoms. The smallest absolute Gasteiger partial charge is 0.338 e. The second kappa shape index (κ2) is 13.5. The number of allylic oxidation sites excluding steroid dienone is 1. The molecule has 3 aromatic rings. The molecule has 1 N–H and O–H groups in total. The number of hydrogen-bond donors (Lipinski definition) is 1. The van der Waals surface area contributed by atoms with Gasteiger partial charge in [0, 0.05) is 11.4 Å². The Balaban J connectivity index is 1.60. The van der Waals surface area contributed by atoms with Crippen LogP contribution in [0.25, 0.3) is 0 Å². The van der Waals surface area contributed by atoms with Gasteiger partial charge in [0.1, 0.15) is 17.6 Å². The van der Waals surface area contributed by atoms with Crippen LogP contribution in [-0.4, -0.2) is 33.9 Å². The lowest BCUT2D eigenvalue weighted by molar-refractivity contribution is -0.139. The van der Waals surface area contributed by atoms with Gasteiger partial charge in [-0.1, -0.05) is 75.2 Å². The maximum absolute atomic E-state index is 14.1. The SMILES string of the molecule is CCCCCOc1ccc(C2C(C(=O)OCCCC)=C(C)Nc3nc(SCc4ccccc4F)nn32)cc1. The summed E-state index contributed by atoms with van der Waals surface area (Å²) in [4.78, 5) is 17.9. The molecule has 0 spiro atoms. The molecule has 2 aromatic carbocycles. The normalized spacial score (nSPS) is 14.7. The standard InChI is InChI=1S/C29H35FN4O3S/c1-4-6-10-18-36-23-15-13-21(14-16-23)26-25(27(35)37-17-7-5-2)20(3)31-28-32-29(33-34(26)28)38-19-22-11-8-9-12-24(22)30/h8-9,11-16,26H,4-7,10,17-19H2,1-3H3,(H,31,32,33). The number of carbonyl (C=O) groups excluding carboxylic acids is 1. The van der Waals surface area contributed by atoms with Gasteiger partial charge in [0.2, 0.25) is 11.1 Å². The van der Waals surface area contributed by atoms with Crippen molar-refractivity contribution in [3.8, 4) is 5.75 Å². The van der Waals surface area contributed by atoms with Crippen molar-refractivity contribution < 1.29 is 18.7 Å². The first kappa shape index (κ1) is 27.7. The summed E-state index contributed by atoms with van der Waals surface area (Å²) in [6.45, 7) is 7.09. The molecule has 1 unspecified atom stereocenters. The number of unbranched alkanes of at least 4 members (excludes halogenated alkanes) is 3. The van der Waals surface area contributed by atoms with Crippen LogP contribution in [0.4, 0.5) is 10.3 Å². The van der Waals surface area contributed by atoms with Crippen molar-refractivity contribution >= 4 is 23.7 Å². The highest BCUT2D eigenvalue weighted by Crippen LogP contribution is 2.37. The minimum Gasteiger partial charge on any atom is -0.494 e. The molecule has 0 saturated carbocycles. The maximum atomic E-state index is 14.1. The fraction of sp³-hybridized carbons (Fsp3) is 0.414. The number of nitrogens with one attached hydrogen (secondary N) is 1. The van der Waals surface area contributed by atoms with E-state index in [-0.39, 0.29) is 11.8 Å². The minimum absolute atomic E-state index is 0.258. The average Bonchev–Trinajstić information content (AvgIpc) is 3.32. The van der Waals surface area contributed by atoms with E-state index in [0.717, 1.165) is 43.4 Å². The van der Waals surface area contributed by atoms with Crippen LogP contribution in [0.2, 0.25) is 0 Å². The molecule has 0 aliphatic carbocycles. The van der Waals surface area contributed by atoms with Gasteiger partial charge in [-0.15, -0.1) is 5.10 Å². The van der Waals surface area contributed by atoms with Crippen LogP contribution in [0.15, 0.2) is 65.0 Å². The van der Waals surface area contributed by atoms with E-state index >= 15 is 0 Å². The molecule has 1 aromatic heterocycles. The van der Waals surface area contributed by atoms with Crippen LogP contribution in [0.1, 0.15) is 70.0 Å². The number of esters is 1. The van der Waals surface area contributed by atoms with Gasteiger partial charge in [-0.3, -0.25) is 0 Å². The van der Waals surface area contributed by atoms with E-state index in [0.29, 0.717) is 46.9 Å². The predicted octanol–water partition coefficient (Wildman–Crippen LogP) is 6.91. The maximum Gasteiger partial charge on any atom is 0.338 e. The summed E-state index contributed by atoms with van der Waals surface area (Å²) in [7, 11) is 0. The van der Waals surface area contributed by atoms with E-state index in [9.17, 15) is 9.18 Å². The zero-order valence-electron chi connectivity index (χ0n) is 22.2. The van der Waals surface area contributed by atoms with Gasteiger partial charge in [-0.05, 0) is 49.1 Å². The zero-order chi connectivity index (χ0) is 26.9. The lowest BCUT2D eigenvalue weighted by atomic mass is 9.96. The Morgan fingerprint density at radius 3 is 2.55 bits per heavy atom. The van der Waals surface area contributed by atoms with Crippen molar-refractivity contribution in [3.63, 3.8) is 0 Å². The summed E-state index contributed by atoms with van der Waals surface area (Å²) in [6.07, 6.45) is 5.01. The Morgan fingerprint density at radius 1 is 1.05 bits per heavy atom. The molecule has 1 aliphatic heterocycles. The molecular weight excluding hydrogens is 503 g/mol. The van der Waals surface area contributed by atoms with Crippen LogP contribution >= 0.6 is 11.8 Å². The number of aromatic nitrogens is 3. The van der Waals surface area contributed by atoms with Gasteiger partial charge in [0.15, 0.2) is 0 Å². The van der Waals surface area contributed by atoms with Crippen molar-refractivity contribution in [2.24, 2.45) is 0 Å². The highest BCUT2D eigenvalue weighted by molar-refractivity contribution is 7.98. The first-order chi connectivity index (χ1) is 18.5. The molecule has 1 aliphatic rings. The molecule has 0 saturated heterocycles. The van der Waals surface area contributed by atoms with Crippen molar-refractivity contribution in [1.82, 2.24) is 14.8 Å². The Labute approximate surface area is 227 Å². The number of fused-ring (bicyclic) bond motifs is 1. The van der Waals surface area contributed by atoms with Gasteiger partial charge in [-0.25, -0.2) is 13.9 Å². The molecule has 0 fully saturated rings. The molecule has 9 heteroatoms. The van der Waals surface area contributed by atoms with Crippen LogP contribution in [-0.2, 0) is 15.3 Å². The average molecular weight is 539 g/mol. The summed E-state index contributed by atoms with van der Waals surface area (Å²) >= 11 is 1.34. The van der Waals surface area contributed by atoms with Gasteiger partial charge in [-0.2, -0.15) is 4.98 Å². The van der Waals surface area contributed by atoms with E-state index < -0.39 is 6.04 Å². The molecule has 202 valence electrons. The number of halogens is 1. The molecule has 1 atom stereocenters. The molecule has 0 bridgehead atoms. The first-order valence-electron chi connectivity index (χ1n) is 13.2. The van der Waals surface area contributed by atoms with Crippen LogP contribution in [0.5, 0.6) is 5.75 Å². The fourth-order valence-electron chi connectivity index (χ4n) is 4.20. The molecule has 7 nitrogen and oxygen atoms in total. The van der Waals surface area contributed by atoms with E-state index in [1.807, 2.05) is 37.3 Å². The Hall–Kier alpha value is -3.33. The first-order valence-corrected chi connectivity index (χ1v) is 14.2. The van der Waals surface area contributed by atoms with E-state index in [4.69, 9.17) is 14.6 Å². The lowest BCUT2D eigenvalue weighted by Crippen LogP contribution is -2.29. The molecule has 4 rings (SSSR count). The van der Waals surface area contributed by atoms with Crippen molar-refractivity contribution in [3.05, 3.63) is 76.7 Å². The van der Waals surface area contributed by atoms with Crippen LogP contribution < -0.4 is 10.1 Å². The predicted molar refractivity (Wildman–Crippen MR) is 148 cm³/mol. The summed E-state index contributed by atoms with van der Waals surface area (Å²) in [5.74, 6) is 1.06. The topological polar surface area (TPSA) is 78.3 Å². The number of benzene rings is 2.